The lowest BCUT2D eigenvalue weighted by Crippen LogP contribution is -2.76. The molecular weight excluding hydrogens is 1730 g/mol. The Hall–Kier alpha value is -6.28. The van der Waals surface area contributed by atoms with Crippen LogP contribution in [0.3, 0.4) is 0 Å². The van der Waals surface area contributed by atoms with Crippen LogP contribution in [-0.4, -0.2) is 96.8 Å². The van der Waals surface area contributed by atoms with Crippen molar-refractivity contribution in [1.29, 1.82) is 21.0 Å². The number of nitrogens with zero attached hydrogens (tertiary/aromatic N) is 4. The van der Waals surface area contributed by atoms with Gasteiger partial charge in [-0.05, 0) is 323 Å². The van der Waals surface area contributed by atoms with Crippen molar-refractivity contribution in [1.82, 2.24) is 0 Å². The molecule has 4 heterocycles. The van der Waals surface area contributed by atoms with E-state index < -0.39 is 72.5 Å². The second-order valence-electron chi connectivity index (χ2n) is 44.7. The third-order valence-corrected chi connectivity index (χ3v) is 35.0. The molecule has 0 radical (unpaired) electrons. The van der Waals surface area contributed by atoms with Gasteiger partial charge in [-0.2, -0.15) is 40.6 Å². The zero-order chi connectivity index (χ0) is 93.2. The molecule has 720 valence electrons. The van der Waals surface area contributed by atoms with Gasteiger partial charge in [0.15, 0.2) is 22.4 Å². The molecule has 0 aromatic heterocycles. The van der Waals surface area contributed by atoms with Crippen molar-refractivity contribution < 1.29 is 113 Å². The summed E-state index contributed by atoms with van der Waals surface area (Å²) in [6.45, 7) is 20.4. The number of nitriles is 4. The normalized spacial score (nSPS) is 36.8. The van der Waals surface area contributed by atoms with Crippen LogP contribution in [0.1, 0.15) is 271 Å². The van der Waals surface area contributed by atoms with Crippen LogP contribution in [-0.2, 0) is 108 Å². The quantitative estimate of drug-likeness (QED) is 0.0249. The van der Waals surface area contributed by atoms with Crippen molar-refractivity contribution in [2.45, 2.75) is 306 Å². The number of rotatable bonds is 34. The molecule has 0 amide bonds. The molecule has 4 aromatic carbocycles. The van der Waals surface area contributed by atoms with E-state index in [1.807, 2.05) is 54.6 Å². The Morgan fingerprint density at radius 1 is 0.326 bits per heavy atom. The molecular formula is C102H136F2N4O22P2. The highest BCUT2D eigenvalue weighted by atomic mass is 31.2. The Labute approximate surface area is 776 Å². The van der Waals surface area contributed by atoms with E-state index in [-0.39, 0.29) is 124 Å². The fourth-order valence-corrected chi connectivity index (χ4v) is 29.5. The smallest absolute Gasteiger partial charge is 0.508 e. The van der Waals surface area contributed by atoms with Crippen LogP contribution in [0.15, 0.2) is 97.1 Å². The standard InChI is InChI=1S/C29H39N2O7P.C28H36FN2O7P.C23H32O4.C22H29FO4/c1-27(2,3)9-14-33-29(28(37-38-29)24-16-21-15-22(18-24)19-25(28)17-21)23-7-4-8-26(20-23)36-39(32,34-12-5-10-30)35-13-6-11-31;1-26(2,29)8-13-33-28(27(37-38-28)23-15-20-14-21(17-23)18-24(27)16-20)22-6-3-7-25(19-22)36-39(32,34-11-4-9-30)35-12-5-10-31;1-21(2,3)7-8-25-23(17-5-4-6-20(24)14-17)22(26-27-23)18-10-15-9-16(12-18)13-19(22)11-15;1-20(2,23)6-7-25-22(16-4-3-5-19(24)13-16)21(26-27-22)17-9-14-8-15(11-17)12-18(21)10-14/h4,7-8,20-22,24-25H,5-6,9,12-19H2,1-3H3;3,6-7,19-21,23-24H,4-5,8,11-18H2,1-2H3;4-6,14-16,18-19,24H,7-13H2,1-3H3;3-5,13-15,17-18,24H,6-12H2,1-2H3. The van der Waals surface area contributed by atoms with Gasteiger partial charge in [-0.25, -0.2) is 37.5 Å². The van der Waals surface area contributed by atoms with Crippen molar-refractivity contribution in [2.75, 3.05) is 52.9 Å². The van der Waals surface area contributed by atoms with Crippen LogP contribution in [0.5, 0.6) is 23.0 Å². The van der Waals surface area contributed by atoms with Crippen LogP contribution < -0.4 is 9.05 Å². The predicted molar refractivity (Wildman–Crippen MR) is 476 cm³/mol. The van der Waals surface area contributed by atoms with Crippen molar-refractivity contribution in [3.05, 3.63) is 119 Å². The molecule has 4 spiro atoms. The highest BCUT2D eigenvalue weighted by Gasteiger charge is 2.81. The first-order valence-electron chi connectivity index (χ1n) is 48.8. The van der Waals surface area contributed by atoms with Crippen LogP contribution in [0.25, 0.3) is 0 Å². The van der Waals surface area contributed by atoms with Gasteiger partial charge < -0.3 is 38.2 Å². The monoisotopic (exact) mass is 1870 g/mol. The molecule has 4 aliphatic heterocycles. The molecule has 26 nitrogen and oxygen atoms in total. The molecule has 16 bridgehead atoms. The van der Waals surface area contributed by atoms with Gasteiger partial charge in [0.25, 0.3) is 23.1 Å². The summed E-state index contributed by atoms with van der Waals surface area (Å²) in [6.07, 6.45) is 25.8. The van der Waals surface area contributed by atoms with E-state index in [1.54, 1.807) is 80.6 Å². The van der Waals surface area contributed by atoms with E-state index >= 15 is 0 Å². The Morgan fingerprint density at radius 3 is 0.742 bits per heavy atom. The van der Waals surface area contributed by atoms with Gasteiger partial charge in [0, 0.05) is 35.1 Å². The largest absolute Gasteiger partial charge is 0.530 e. The fraction of sp³-hybridized carbons (Fsp3) is 0.725. The summed E-state index contributed by atoms with van der Waals surface area (Å²) in [5.41, 5.74) is -1.59. The molecule has 24 rings (SSSR count). The van der Waals surface area contributed by atoms with Crippen molar-refractivity contribution in [2.24, 2.45) is 106 Å². The molecule has 20 fully saturated rings. The number of hydrogen-bond donors (Lipinski definition) is 2. The maximum atomic E-state index is 14.4. The number of ether oxygens (including phenoxy) is 4. The van der Waals surface area contributed by atoms with Gasteiger partial charge in [0.05, 0.1) is 103 Å². The molecule has 2 N–H and O–H groups in total. The minimum atomic E-state index is -4.13. The maximum Gasteiger partial charge on any atom is 0.530 e. The lowest BCUT2D eigenvalue weighted by atomic mass is 9.47. The van der Waals surface area contributed by atoms with E-state index in [0.717, 1.165) is 142 Å². The van der Waals surface area contributed by atoms with E-state index in [4.69, 9.17) is 106 Å². The van der Waals surface area contributed by atoms with Gasteiger partial charge >= 0.3 is 15.6 Å². The van der Waals surface area contributed by atoms with Crippen molar-refractivity contribution >= 4 is 15.6 Å². The summed E-state index contributed by atoms with van der Waals surface area (Å²) >= 11 is 0. The summed E-state index contributed by atoms with van der Waals surface area (Å²) in [5, 5.41) is 55.7. The first-order chi connectivity index (χ1) is 62.9. The third kappa shape index (κ3) is 18.7. The number of hydrogen-bond acceptors (Lipinski definition) is 26. The first kappa shape index (κ1) is 97.4. The number of benzene rings is 4. The Kier molecular flexibility index (Phi) is 28.1. The molecule has 4 aromatic rings. The van der Waals surface area contributed by atoms with Gasteiger partial charge in [0.2, 0.25) is 0 Å². The molecule has 4 saturated heterocycles. The number of halogens is 2. The van der Waals surface area contributed by atoms with E-state index in [9.17, 15) is 28.1 Å². The summed E-state index contributed by atoms with van der Waals surface area (Å²) < 4.78 is 114. The highest BCUT2D eigenvalue weighted by Crippen LogP contribution is 2.75. The Morgan fingerprint density at radius 2 is 0.545 bits per heavy atom. The maximum absolute atomic E-state index is 14.4. The minimum absolute atomic E-state index is 0.00463. The summed E-state index contributed by atoms with van der Waals surface area (Å²) in [7, 11) is -8.22. The average Bonchev–Trinajstić information content (AvgIpc) is 0.684. The number of phenols is 2. The zero-order valence-electron chi connectivity index (χ0n) is 78.4. The lowest BCUT2D eigenvalue weighted by molar-refractivity contribution is -0.648. The van der Waals surface area contributed by atoms with Crippen LogP contribution in [0, 0.1) is 151 Å². The van der Waals surface area contributed by atoms with Crippen molar-refractivity contribution in [3.63, 3.8) is 0 Å². The summed E-state index contributed by atoms with van der Waals surface area (Å²) in [6, 6.07) is 36.3. The van der Waals surface area contributed by atoms with Gasteiger partial charge in [-0.15, -0.1) is 0 Å². The average molecular weight is 1870 g/mol. The van der Waals surface area contributed by atoms with E-state index in [0.29, 0.717) is 66.1 Å². The predicted octanol–water partition coefficient (Wildman–Crippen LogP) is 23.3. The van der Waals surface area contributed by atoms with Crippen molar-refractivity contribution in [3.8, 4) is 47.3 Å². The second kappa shape index (κ2) is 38.1. The molecule has 4 unspecified atom stereocenters. The van der Waals surface area contributed by atoms with Gasteiger partial charge in [-0.1, -0.05) is 90.1 Å². The molecule has 16 aliphatic carbocycles. The molecule has 16 saturated carbocycles. The second-order valence-corrected chi connectivity index (χ2v) is 47.9. The number of phosphoric acid groups is 2. The summed E-state index contributed by atoms with van der Waals surface area (Å²) in [4.78, 5) is 48.1. The number of phosphoric ester groups is 2. The van der Waals surface area contributed by atoms with Gasteiger partial charge in [-0.3, -0.25) is 18.1 Å². The molecule has 20 aliphatic rings. The van der Waals surface area contributed by atoms with E-state index in [2.05, 4.69) is 41.5 Å². The number of aromatic hydroxyl groups is 2. The summed E-state index contributed by atoms with van der Waals surface area (Å²) in [5.74, 6) is 5.61. The van der Waals surface area contributed by atoms with E-state index in [1.165, 1.54) is 65.2 Å². The Bertz CT molecular complexity index is 4540. The molecule has 4 atom stereocenters. The minimum Gasteiger partial charge on any atom is -0.508 e. The SMILES string of the molecule is CC(C)(C)CCOC1(c2cccc(O)c2)OOC12C1CC3CC(C1)CC2C3.CC(C)(C)CCOC1(c2cccc(OP(=O)(OCCC#N)OCCC#N)c2)OOC12C1CC3CC(C1)CC2C3.CC(C)(F)CCOC1(c2cccc(O)c2)OOC12C1CC3CC(C1)CC2C3.CC(C)(F)CCOC1(c2cccc(OP(=O)(OCCC#N)OCCC#N)c2)OOC12C1CC3CC(C1)CC2C3. The molecule has 132 heavy (non-hydrogen) atoms. The van der Waals surface area contributed by atoms with Gasteiger partial charge in [0.1, 0.15) is 34.3 Å². The zero-order valence-corrected chi connectivity index (χ0v) is 80.2. The Balaban J connectivity index is 0.000000125. The first-order valence-corrected chi connectivity index (χ1v) is 51.7. The number of phenolic OH excluding ortho intramolecular Hbond substituents is 2. The number of alkyl halides is 2. The van der Waals surface area contributed by atoms with Crippen LogP contribution in [0.4, 0.5) is 8.78 Å². The fourth-order valence-electron chi connectivity index (χ4n) is 27.1. The molecule has 30 heteroatoms. The topological polar surface area (TPSA) is 336 Å². The third-order valence-electron chi connectivity index (χ3n) is 32.1. The lowest BCUT2D eigenvalue weighted by Gasteiger charge is -2.69. The highest BCUT2D eigenvalue weighted by molar-refractivity contribution is 7.49. The van der Waals surface area contributed by atoms with Crippen LogP contribution in [0.2, 0.25) is 0 Å². The van der Waals surface area contributed by atoms with Crippen LogP contribution >= 0.6 is 15.6 Å².